The fourth-order valence-corrected chi connectivity index (χ4v) is 3.30. The van der Waals surface area contributed by atoms with E-state index >= 15 is 0 Å². The van der Waals surface area contributed by atoms with Gasteiger partial charge in [-0.2, -0.15) is 0 Å². The molecule has 2 rings (SSSR count). The molecule has 3 N–H and O–H groups in total. The fraction of sp³-hybridized carbons (Fsp3) is 0.364. The van der Waals surface area contributed by atoms with Crippen LogP contribution in [-0.4, -0.2) is 44.0 Å². The van der Waals surface area contributed by atoms with Crippen LogP contribution in [0.1, 0.15) is 25.5 Å². The monoisotopic (exact) mass is 418 g/mol. The van der Waals surface area contributed by atoms with E-state index in [-0.39, 0.29) is 30.9 Å². The highest BCUT2D eigenvalue weighted by molar-refractivity contribution is 6.31. The molecule has 7 heteroatoms. The van der Waals surface area contributed by atoms with Crippen LogP contribution >= 0.6 is 11.6 Å². The molecule has 0 saturated heterocycles. The number of methoxy groups -OCH3 is 1. The van der Waals surface area contributed by atoms with Crippen molar-refractivity contribution < 1.29 is 19.6 Å². The van der Waals surface area contributed by atoms with Gasteiger partial charge in [-0.3, -0.25) is 9.59 Å². The number of nitrogens with zero attached hydrogens (tertiary/aromatic N) is 1. The van der Waals surface area contributed by atoms with Crippen molar-refractivity contribution in [1.29, 1.82) is 0 Å². The van der Waals surface area contributed by atoms with E-state index in [1.165, 1.54) is 17.6 Å². The van der Waals surface area contributed by atoms with Gasteiger partial charge in [0.05, 0.1) is 19.3 Å². The molecule has 2 aromatic carbocycles. The van der Waals surface area contributed by atoms with Crippen LogP contribution in [-0.2, 0) is 9.59 Å². The zero-order valence-corrected chi connectivity index (χ0v) is 18.1. The summed E-state index contributed by atoms with van der Waals surface area (Å²) in [4.78, 5) is 26.3. The van der Waals surface area contributed by atoms with Crippen molar-refractivity contribution in [3.8, 4) is 5.75 Å². The molecule has 0 radical (unpaired) electrons. The Morgan fingerprint density at radius 1 is 1.17 bits per heavy atom. The van der Waals surface area contributed by atoms with Gasteiger partial charge < -0.3 is 20.3 Å². The fourth-order valence-electron chi connectivity index (χ4n) is 3.12. The third kappa shape index (κ3) is 6.76. The van der Waals surface area contributed by atoms with E-state index in [1.54, 1.807) is 25.2 Å². The van der Waals surface area contributed by atoms with Gasteiger partial charge in [0.1, 0.15) is 11.8 Å². The van der Waals surface area contributed by atoms with Crippen LogP contribution in [0.3, 0.4) is 0 Å². The molecule has 29 heavy (non-hydrogen) atoms. The molecule has 0 fully saturated rings. The molecule has 0 saturated carbocycles. The topological polar surface area (TPSA) is 75.2 Å². The van der Waals surface area contributed by atoms with Crippen molar-refractivity contribution in [2.45, 2.75) is 19.9 Å². The smallest absolute Gasteiger partial charge is 0.277 e. The molecule has 6 nitrogen and oxygen atoms in total. The molecule has 2 aromatic rings. The van der Waals surface area contributed by atoms with Gasteiger partial charge >= 0.3 is 0 Å². The van der Waals surface area contributed by atoms with Gasteiger partial charge in [-0.25, -0.2) is 0 Å². The first-order valence-corrected chi connectivity index (χ1v) is 9.95. The van der Waals surface area contributed by atoms with Crippen molar-refractivity contribution in [3.63, 3.8) is 0 Å². The Balaban J connectivity index is 1.91. The lowest BCUT2D eigenvalue weighted by molar-refractivity contribution is -0.692. The van der Waals surface area contributed by atoms with E-state index in [0.717, 1.165) is 0 Å². The summed E-state index contributed by atoms with van der Waals surface area (Å²) in [6.45, 7) is 4.48. The molecule has 156 valence electrons. The zero-order chi connectivity index (χ0) is 21.4. The van der Waals surface area contributed by atoms with Crippen molar-refractivity contribution in [1.82, 2.24) is 4.90 Å². The molecule has 2 amide bonds. The van der Waals surface area contributed by atoms with E-state index in [0.29, 0.717) is 22.4 Å². The molecule has 0 bridgehead atoms. The largest absolute Gasteiger partial charge is 0.495 e. The highest BCUT2D eigenvalue weighted by atomic mass is 35.5. The number of carbonyl (C=O) groups is 2. The minimum Gasteiger partial charge on any atom is -0.495 e. The number of nitrogens with two attached hydrogens (primary N) is 1. The highest BCUT2D eigenvalue weighted by Gasteiger charge is 2.22. The number of hydrogen-bond acceptors (Lipinski definition) is 3. The average Bonchev–Trinajstić information content (AvgIpc) is 2.68. The summed E-state index contributed by atoms with van der Waals surface area (Å²) in [5, 5.41) is 5.26. The summed E-state index contributed by atoms with van der Waals surface area (Å²) < 4.78 is 5.22. The van der Waals surface area contributed by atoms with Gasteiger partial charge in [0, 0.05) is 23.6 Å². The number of halogens is 1. The van der Waals surface area contributed by atoms with E-state index in [2.05, 4.69) is 31.3 Å². The van der Waals surface area contributed by atoms with Crippen molar-refractivity contribution in [3.05, 3.63) is 59.1 Å². The summed E-state index contributed by atoms with van der Waals surface area (Å²) in [5.74, 6) is 0.450. The third-order valence-electron chi connectivity index (χ3n) is 4.69. The summed E-state index contributed by atoms with van der Waals surface area (Å²) >= 11 is 5.98. The van der Waals surface area contributed by atoms with Crippen LogP contribution in [0.15, 0.2) is 48.5 Å². The first-order chi connectivity index (χ1) is 13.8. The summed E-state index contributed by atoms with van der Waals surface area (Å²) in [6, 6.07) is 15.3. The third-order valence-corrected chi connectivity index (χ3v) is 4.93. The number of nitrogens with one attached hydrogen (secondary N) is 1. The van der Waals surface area contributed by atoms with Gasteiger partial charge in [0.25, 0.3) is 5.91 Å². The van der Waals surface area contributed by atoms with Crippen molar-refractivity contribution in [2.24, 2.45) is 5.92 Å². The number of carbonyl (C=O) groups excluding carboxylic acids is 2. The Kier molecular flexibility index (Phi) is 8.49. The number of likely N-dealkylation sites (N-methyl/N-ethyl adjacent to an activating group) is 1. The molecule has 0 unspecified atom stereocenters. The van der Waals surface area contributed by atoms with Crippen molar-refractivity contribution in [2.75, 3.05) is 32.6 Å². The molecule has 0 heterocycles. The Labute approximate surface area is 177 Å². The Morgan fingerprint density at radius 2 is 1.86 bits per heavy atom. The maximum atomic E-state index is 12.5. The molecule has 0 aliphatic carbocycles. The van der Waals surface area contributed by atoms with E-state index in [1.807, 2.05) is 23.5 Å². The predicted octanol–water partition coefficient (Wildman–Crippen LogP) is 2.71. The van der Waals surface area contributed by atoms with Gasteiger partial charge in [-0.15, -0.1) is 0 Å². The standard InChI is InChI=1S/C22H28ClN3O3/c1-15(2)22(16-8-6-5-7-9-16)24-13-21(28)26(3)14-20(27)25-18-12-17(23)10-11-19(18)29-4/h5-12,15,22,24H,13-14H2,1-4H3,(H,25,27)/p+1/t22-/m0/s1. The van der Waals surface area contributed by atoms with E-state index in [9.17, 15) is 9.59 Å². The second kappa shape index (κ2) is 10.8. The first-order valence-electron chi connectivity index (χ1n) is 9.57. The summed E-state index contributed by atoms with van der Waals surface area (Å²) in [5.41, 5.74) is 1.66. The number of hydrogen-bond donors (Lipinski definition) is 2. The molecule has 0 aliphatic heterocycles. The molecule has 1 atom stereocenters. The maximum absolute atomic E-state index is 12.5. The summed E-state index contributed by atoms with van der Waals surface area (Å²) in [6.07, 6.45) is 0. The van der Waals surface area contributed by atoms with Crippen LogP contribution in [0.5, 0.6) is 5.75 Å². The second-order valence-corrected chi connectivity index (χ2v) is 7.70. The molecule has 0 aliphatic rings. The SMILES string of the molecule is COc1ccc(Cl)cc1NC(=O)CN(C)C(=O)C[NH2+][C@H](c1ccccc1)C(C)C. The highest BCUT2D eigenvalue weighted by Crippen LogP contribution is 2.27. The lowest BCUT2D eigenvalue weighted by Crippen LogP contribution is -2.88. The number of quaternary nitrogens is 1. The number of amides is 2. The number of ether oxygens (including phenoxy) is 1. The quantitative estimate of drug-likeness (QED) is 0.657. The lowest BCUT2D eigenvalue weighted by Gasteiger charge is -2.22. The Bertz CT molecular complexity index is 827. The van der Waals surface area contributed by atoms with Gasteiger partial charge in [-0.05, 0) is 18.2 Å². The molecular formula is C22H29ClN3O3+. The molecule has 0 spiro atoms. The van der Waals surface area contributed by atoms with E-state index < -0.39 is 0 Å². The lowest BCUT2D eigenvalue weighted by atomic mass is 9.96. The van der Waals surface area contributed by atoms with Gasteiger partial charge in [0.2, 0.25) is 5.91 Å². The molecular weight excluding hydrogens is 390 g/mol. The van der Waals surface area contributed by atoms with E-state index in [4.69, 9.17) is 16.3 Å². The van der Waals surface area contributed by atoms with Crippen LogP contribution in [0.4, 0.5) is 5.69 Å². The van der Waals surface area contributed by atoms with Crippen molar-refractivity contribution >= 4 is 29.1 Å². The Hall–Kier alpha value is -2.57. The maximum Gasteiger partial charge on any atom is 0.277 e. The number of benzene rings is 2. The van der Waals surface area contributed by atoms with Crippen LogP contribution in [0.2, 0.25) is 5.02 Å². The molecule has 0 aromatic heterocycles. The zero-order valence-electron chi connectivity index (χ0n) is 17.3. The van der Waals surface area contributed by atoms with Gasteiger partial charge in [0.15, 0.2) is 6.54 Å². The predicted molar refractivity (Wildman–Crippen MR) is 115 cm³/mol. The van der Waals surface area contributed by atoms with Crippen LogP contribution < -0.4 is 15.4 Å². The first kappa shape index (κ1) is 22.7. The van der Waals surface area contributed by atoms with Gasteiger partial charge in [-0.1, -0.05) is 55.8 Å². The van der Waals surface area contributed by atoms with Crippen LogP contribution in [0.25, 0.3) is 0 Å². The minimum absolute atomic E-state index is 0.0555. The number of anilines is 1. The normalized spacial score (nSPS) is 11.8. The Morgan fingerprint density at radius 3 is 2.48 bits per heavy atom. The summed E-state index contributed by atoms with van der Waals surface area (Å²) in [7, 11) is 3.14. The number of rotatable bonds is 9. The second-order valence-electron chi connectivity index (χ2n) is 7.26. The average molecular weight is 419 g/mol. The van der Waals surface area contributed by atoms with Crippen LogP contribution in [0, 0.1) is 5.92 Å². The minimum atomic E-state index is -0.315.